The molecular formula is C22H28N8O4. The van der Waals surface area contributed by atoms with E-state index >= 15 is 0 Å². The number of piperazine rings is 1. The number of nitrogen functional groups attached to an aromatic ring is 1. The number of anilines is 2. The molecule has 12 nitrogen and oxygen atoms in total. The number of benzene rings is 1. The second kappa shape index (κ2) is 11.6. The zero-order valence-corrected chi connectivity index (χ0v) is 18.9. The molecule has 1 aromatic carbocycles. The maximum absolute atomic E-state index is 12.8. The normalized spacial score (nSPS) is 14.1. The van der Waals surface area contributed by atoms with E-state index in [0.29, 0.717) is 43.4 Å². The summed E-state index contributed by atoms with van der Waals surface area (Å²) < 4.78 is 5.01. The Bertz CT molecular complexity index is 1020. The second-order valence-electron chi connectivity index (χ2n) is 7.46. The fraction of sp³-hybridized carbons (Fsp3) is 0.364. The zero-order chi connectivity index (χ0) is 24.5. The first kappa shape index (κ1) is 24.4. The zero-order valence-electron chi connectivity index (χ0n) is 18.9. The van der Waals surface area contributed by atoms with Crippen LogP contribution in [0.2, 0.25) is 0 Å². The molecule has 1 aliphatic rings. The SMILES string of the molecule is CCOC(=O)C(Nc1cccc(C(=N)N)c1)C(=O)NCC(=O)N1CCN(c2ncccn2)CC1. The highest BCUT2D eigenvalue weighted by Gasteiger charge is 2.29. The number of hydrogen-bond donors (Lipinski definition) is 4. The number of nitrogens with zero attached hydrogens (tertiary/aromatic N) is 4. The number of carbonyl (C=O) groups excluding carboxylic acids is 3. The molecule has 0 saturated carbocycles. The van der Waals surface area contributed by atoms with Gasteiger partial charge in [-0.15, -0.1) is 0 Å². The van der Waals surface area contributed by atoms with Crippen molar-refractivity contribution in [3.05, 3.63) is 48.3 Å². The predicted molar refractivity (Wildman–Crippen MR) is 125 cm³/mol. The summed E-state index contributed by atoms with van der Waals surface area (Å²) in [6.45, 7) is 3.53. The minimum absolute atomic E-state index is 0.0894. The topological polar surface area (TPSA) is 167 Å². The summed E-state index contributed by atoms with van der Waals surface area (Å²) >= 11 is 0. The Kier molecular flexibility index (Phi) is 8.32. The molecule has 0 aliphatic carbocycles. The van der Waals surface area contributed by atoms with Crippen molar-refractivity contribution in [3.63, 3.8) is 0 Å². The Labute approximate surface area is 197 Å². The van der Waals surface area contributed by atoms with Crippen LogP contribution < -0.4 is 21.3 Å². The van der Waals surface area contributed by atoms with Crippen LogP contribution in [-0.2, 0) is 19.1 Å². The first-order valence-electron chi connectivity index (χ1n) is 10.8. The van der Waals surface area contributed by atoms with Gasteiger partial charge in [0.25, 0.3) is 5.91 Å². The molecule has 0 spiro atoms. The molecule has 1 unspecified atom stereocenters. The number of ether oxygens (including phenoxy) is 1. The van der Waals surface area contributed by atoms with Crippen LogP contribution in [0.15, 0.2) is 42.7 Å². The van der Waals surface area contributed by atoms with Crippen LogP contribution in [0.1, 0.15) is 12.5 Å². The van der Waals surface area contributed by atoms with Crippen LogP contribution in [0.25, 0.3) is 0 Å². The van der Waals surface area contributed by atoms with Crippen molar-refractivity contribution in [2.45, 2.75) is 13.0 Å². The molecule has 1 atom stereocenters. The Morgan fingerprint density at radius 1 is 1.15 bits per heavy atom. The van der Waals surface area contributed by atoms with E-state index < -0.39 is 17.9 Å². The molecule has 2 amide bonds. The van der Waals surface area contributed by atoms with E-state index in [1.165, 1.54) is 0 Å². The largest absolute Gasteiger partial charge is 0.464 e. The van der Waals surface area contributed by atoms with Gasteiger partial charge in [-0.2, -0.15) is 0 Å². The number of hydrogen-bond acceptors (Lipinski definition) is 9. The van der Waals surface area contributed by atoms with Gasteiger partial charge < -0.3 is 30.9 Å². The van der Waals surface area contributed by atoms with E-state index in [9.17, 15) is 14.4 Å². The van der Waals surface area contributed by atoms with Crippen LogP contribution in [-0.4, -0.2) is 83.9 Å². The minimum atomic E-state index is -1.37. The highest BCUT2D eigenvalue weighted by atomic mass is 16.5. The van der Waals surface area contributed by atoms with E-state index in [1.807, 2.05) is 4.90 Å². The average Bonchev–Trinajstić information content (AvgIpc) is 2.86. The lowest BCUT2D eigenvalue weighted by Crippen LogP contribution is -2.53. The van der Waals surface area contributed by atoms with Crippen LogP contribution >= 0.6 is 0 Å². The van der Waals surface area contributed by atoms with Crippen molar-refractivity contribution in [3.8, 4) is 0 Å². The monoisotopic (exact) mass is 468 g/mol. The summed E-state index contributed by atoms with van der Waals surface area (Å²) in [5, 5.41) is 12.9. The maximum Gasteiger partial charge on any atom is 0.338 e. The minimum Gasteiger partial charge on any atom is -0.464 e. The third kappa shape index (κ3) is 6.40. The molecule has 0 radical (unpaired) electrons. The molecule has 5 N–H and O–H groups in total. The van der Waals surface area contributed by atoms with Crippen LogP contribution in [0, 0.1) is 5.41 Å². The highest BCUT2D eigenvalue weighted by Crippen LogP contribution is 2.13. The molecule has 3 rings (SSSR count). The van der Waals surface area contributed by atoms with E-state index in [-0.39, 0.29) is 24.9 Å². The van der Waals surface area contributed by atoms with Gasteiger partial charge in [-0.05, 0) is 25.1 Å². The molecule has 1 saturated heterocycles. The van der Waals surface area contributed by atoms with Crippen LogP contribution in [0.3, 0.4) is 0 Å². The third-order valence-electron chi connectivity index (χ3n) is 5.15. The first-order valence-corrected chi connectivity index (χ1v) is 10.8. The summed E-state index contributed by atoms with van der Waals surface area (Å²) in [6, 6.07) is 6.82. The van der Waals surface area contributed by atoms with Crippen molar-refractivity contribution < 1.29 is 19.1 Å². The van der Waals surface area contributed by atoms with Crippen molar-refractivity contribution in [2.75, 3.05) is 49.5 Å². The maximum atomic E-state index is 12.8. The average molecular weight is 469 g/mol. The first-order chi connectivity index (χ1) is 16.4. The third-order valence-corrected chi connectivity index (χ3v) is 5.15. The molecule has 1 aromatic heterocycles. The van der Waals surface area contributed by atoms with Crippen LogP contribution in [0.5, 0.6) is 0 Å². The molecule has 2 aromatic rings. The molecule has 12 heteroatoms. The van der Waals surface area contributed by atoms with Gasteiger partial charge in [-0.3, -0.25) is 15.0 Å². The van der Waals surface area contributed by atoms with E-state index in [0.717, 1.165) is 0 Å². The van der Waals surface area contributed by atoms with Gasteiger partial charge in [0, 0.05) is 49.8 Å². The van der Waals surface area contributed by atoms with Gasteiger partial charge in [-0.1, -0.05) is 12.1 Å². The number of carbonyl (C=O) groups is 3. The standard InChI is InChI=1S/C22H28N8O4/c1-2-34-21(33)18(28-16-6-3-5-15(13-16)19(23)24)20(32)27-14-17(31)29-9-11-30(12-10-29)22-25-7-4-8-26-22/h3-8,13,18,28H,2,9-12,14H2,1H3,(H3,23,24)(H,27,32). The number of nitrogens with one attached hydrogen (secondary N) is 3. The second-order valence-corrected chi connectivity index (χ2v) is 7.46. The summed E-state index contributed by atoms with van der Waals surface area (Å²) in [5.41, 5.74) is 6.35. The number of amides is 2. The number of aromatic nitrogens is 2. The fourth-order valence-electron chi connectivity index (χ4n) is 3.39. The quantitative estimate of drug-likeness (QED) is 0.165. The van der Waals surface area contributed by atoms with Crippen molar-refractivity contribution in [2.24, 2.45) is 5.73 Å². The number of nitrogens with two attached hydrogens (primary N) is 1. The molecule has 180 valence electrons. The van der Waals surface area contributed by atoms with E-state index in [4.69, 9.17) is 15.9 Å². The molecular weight excluding hydrogens is 440 g/mol. The van der Waals surface area contributed by atoms with Crippen LogP contribution in [0.4, 0.5) is 11.6 Å². The number of amidine groups is 1. The Balaban J connectivity index is 1.56. The Hall–Kier alpha value is -4.22. The Morgan fingerprint density at radius 2 is 1.85 bits per heavy atom. The van der Waals surface area contributed by atoms with Crippen molar-refractivity contribution in [1.82, 2.24) is 20.2 Å². The molecule has 34 heavy (non-hydrogen) atoms. The predicted octanol–water partition coefficient (Wildman–Crippen LogP) is -0.431. The van der Waals surface area contributed by atoms with Gasteiger partial charge in [0.2, 0.25) is 17.9 Å². The van der Waals surface area contributed by atoms with E-state index in [2.05, 4.69) is 20.6 Å². The highest BCUT2D eigenvalue weighted by molar-refractivity contribution is 6.05. The van der Waals surface area contributed by atoms with Gasteiger partial charge in [0.05, 0.1) is 13.2 Å². The summed E-state index contributed by atoms with van der Waals surface area (Å²) in [7, 11) is 0. The summed E-state index contributed by atoms with van der Waals surface area (Å²) in [6.07, 6.45) is 3.33. The number of rotatable bonds is 9. The smallest absolute Gasteiger partial charge is 0.338 e. The molecule has 1 aliphatic heterocycles. The lowest BCUT2D eigenvalue weighted by molar-refractivity contribution is -0.147. The lowest BCUT2D eigenvalue weighted by atomic mass is 10.1. The lowest BCUT2D eigenvalue weighted by Gasteiger charge is -2.34. The molecule has 2 heterocycles. The molecule has 0 bridgehead atoms. The van der Waals surface area contributed by atoms with Crippen molar-refractivity contribution in [1.29, 1.82) is 5.41 Å². The fourth-order valence-corrected chi connectivity index (χ4v) is 3.39. The summed E-state index contributed by atoms with van der Waals surface area (Å²) in [4.78, 5) is 49.9. The number of esters is 1. The van der Waals surface area contributed by atoms with Gasteiger partial charge >= 0.3 is 5.97 Å². The van der Waals surface area contributed by atoms with Gasteiger partial charge in [0.1, 0.15) is 5.84 Å². The van der Waals surface area contributed by atoms with E-state index in [1.54, 1.807) is 54.5 Å². The van der Waals surface area contributed by atoms with Gasteiger partial charge in [-0.25, -0.2) is 14.8 Å². The Morgan fingerprint density at radius 3 is 2.50 bits per heavy atom. The molecule has 1 fully saturated rings. The van der Waals surface area contributed by atoms with Crippen molar-refractivity contribution >= 4 is 35.3 Å². The summed E-state index contributed by atoms with van der Waals surface area (Å²) in [5.74, 6) is -1.28. The van der Waals surface area contributed by atoms with Gasteiger partial charge in [0.15, 0.2) is 0 Å².